The molecule has 0 aromatic carbocycles. The Kier molecular flexibility index (Phi) is 5.64. The molecule has 0 aliphatic carbocycles. The maximum atomic E-state index is 13.7. The van der Waals surface area contributed by atoms with Crippen LogP contribution in [-0.4, -0.2) is 61.5 Å². The van der Waals surface area contributed by atoms with Gasteiger partial charge in [0.2, 0.25) is 0 Å². The van der Waals surface area contributed by atoms with Crippen LogP contribution in [-0.2, 0) is 6.54 Å². The van der Waals surface area contributed by atoms with Gasteiger partial charge in [-0.3, -0.25) is 19.1 Å². The normalized spacial score (nSPS) is 14.5. The van der Waals surface area contributed by atoms with Gasteiger partial charge < -0.3 is 9.80 Å². The van der Waals surface area contributed by atoms with Gasteiger partial charge in [-0.2, -0.15) is 0 Å². The molecule has 1 aliphatic rings. The molecule has 4 aromatic rings. The van der Waals surface area contributed by atoms with E-state index >= 15 is 0 Å². The Morgan fingerprint density at radius 1 is 1.18 bits per heavy atom. The lowest BCUT2D eigenvalue weighted by atomic mass is 10.0. The fourth-order valence-corrected chi connectivity index (χ4v) is 5.10. The maximum absolute atomic E-state index is 13.7. The predicted octanol–water partition coefficient (Wildman–Crippen LogP) is 2.20. The molecule has 0 spiro atoms. The molecule has 0 radical (unpaired) electrons. The second kappa shape index (κ2) is 8.64. The number of anilines is 1. The highest BCUT2D eigenvalue weighted by molar-refractivity contribution is 7.16. The van der Waals surface area contributed by atoms with E-state index in [1.54, 1.807) is 35.6 Å². The number of H-pyrrole nitrogens is 1. The number of hydrogen-bond donors (Lipinski definition) is 1. The molecule has 1 saturated heterocycles. The number of fused-ring (bicyclic) bond motifs is 2. The van der Waals surface area contributed by atoms with E-state index in [1.807, 2.05) is 25.3 Å². The van der Waals surface area contributed by atoms with Gasteiger partial charge in [-0.25, -0.2) is 19.7 Å². The minimum Gasteiger partial charge on any atom is -0.352 e. The average Bonchev–Trinajstić information content (AvgIpc) is 3.32. The number of pyridine rings is 1. The first-order chi connectivity index (χ1) is 16.4. The summed E-state index contributed by atoms with van der Waals surface area (Å²) in [5.41, 5.74) is 0.0981. The summed E-state index contributed by atoms with van der Waals surface area (Å²) in [5, 5.41) is 3.17. The summed E-state index contributed by atoms with van der Waals surface area (Å²) in [6.45, 7) is 8.28. The smallest absolute Gasteiger partial charge is 0.329 e. The van der Waals surface area contributed by atoms with Crippen molar-refractivity contribution in [3.05, 3.63) is 55.9 Å². The van der Waals surface area contributed by atoms with E-state index in [2.05, 4.69) is 24.8 Å². The third-order valence-corrected chi connectivity index (χ3v) is 7.03. The number of nitrogens with zero attached hydrogens (tertiary/aromatic N) is 6. The number of carbonyl (C=O) groups is 1. The van der Waals surface area contributed by atoms with Crippen molar-refractivity contribution in [1.29, 1.82) is 0 Å². The quantitative estimate of drug-likeness (QED) is 0.477. The fourth-order valence-electron chi connectivity index (χ4n) is 4.37. The van der Waals surface area contributed by atoms with Crippen molar-refractivity contribution in [2.75, 3.05) is 31.1 Å². The number of hydrogen-bond acceptors (Lipinski definition) is 8. The Morgan fingerprint density at radius 2 is 1.94 bits per heavy atom. The van der Waals surface area contributed by atoms with Crippen molar-refractivity contribution in [2.24, 2.45) is 0 Å². The number of amides is 1. The number of aromatic nitrogens is 5. The van der Waals surface area contributed by atoms with Crippen LogP contribution in [0.5, 0.6) is 0 Å². The molecule has 1 aliphatic heterocycles. The molecule has 0 atom stereocenters. The van der Waals surface area contributed by atoms with Crippen LogP contribution in [0.15, 0.2) is 33.4 Å². The lowest BCUT2D eigenvalue weighted by Crippen LogP contribution is -2.49. The Labute approximate surface area is 198 Å². The molecular formula is C23H25N7O3S. The largest absolute Gasteiger partial charge is 0.352 e. The van der Waals surface area contributed by atoms with Crippen LogP contribution in [0.4, 0.5) is 5.82 Å². The van der Waals surface area contributed by atoms with E-state index in [4.69, 9.17) is 0 Å². The number of aromatic amines is 1. The first kappa shape index (κ1) is 22.2. The molecule has 1 amide bonds. The summed E-state index contributed by atoms with van der Waals surface area (Å²) >= 11 is 1.57. The van der Waals surface area contributed by atoms with Crippen molar-refractivity contribution in [3.8, 4) is 0 Å². The van der Waals surface area contributed by atoms with Crippen LogP contribution >= 0.6 is 11.3 Å². The van der Waals surface area contributed by atoms with E-state index < -0.39 is 11.2 Å². The van der Waals surface area contributed by atoms with E-state index in [9.17, 15) is 14.4 Å². The lowest BCUT2D eigenvalue weighted by Gasteiger charge is -2.35. The number of piperazine rings is 1. The number of rotatable bonds is 4. The third-order valence-electron chi connectivity index (χ3n) is 6.21. The molecule has 5 rings (SSSR count). The predicted molar refractivity (Wildman–Crippen MR) is 132 cm³/mol. The van der Waals surface area contributed by atoms with Gasteiger partial charge in [-0.15, -0.1) is 11.3 Å². The number of nitrogens with one attached hydrogen (secondary N) is 1. The highest BCUT2D eigenvalue weighted by atomic mass is 32.1. The summed E-state index contributed by atoms with van der Waals surface area (Å²) < 4.78 is 1.40. The zero-order valence-corrected chi connectivity index (χ0v) is 20.1. The Balaban J connectivity index is 1.50. The van der Waals surface area contributed by atoms with Crippen molar-refractivity contribution in [3.63, 3.8) is 0 Å². The first-order valence-electron chi connectivity index (χ1n) is 11.3. The topological polar surface area (TPSA) is 117 Å². The van der Waals surface area contributed by atoms with E-state index in [-0.39, 0.29) is 28.4 Å². The molecule has 176 valence electrons. The summed E-state index contributed by atoms with van der Waals surface area (Å²) in [5.74, 6) is 0.667. The van der Waals surface area contributed by atoms with Crippen LogP contribution in [0, 0.1) is 0 Å². The summed E-state index contributed by atoms with van der Waals surface area (Å²) in [6, 6.07) is 3.71. The molecule has 0 bridgehead atoms. The van der Waals surface area contributed by atoms with Gasteiger partial charge in [0.15, 0.2) is 5.65 Å². The molecule has 4 aromatic heterocycles. The van der Waals surface area contributed by atoms with Gasteiger partial charge in [0.25, 0.3) is 11.5 Å². The molecule has 34 heavy (non-hydrogen) atoms. The summed E-state index contributed by atoms with van der Waals surface area (Å²) in [4.78, 5) is 59.4. The van der Waals surface area contributed by atoms with Crippen LogP contribution < -0.4 is 16.1 Å². The zero-order valence-electron chi connectivity index (χ0n) is 19.2. The standard InChI is InChI=1S/C23H25N7O3S/c1-4-30-19-17(20(31)27-23(30)33)15(11-16(26-19)13(2)3)22(32)29-8-6-28(7-9-29)18-14-5-10-34-21(14)25-12-24-18/h5,10-13H,4,6-9H2,1-3H3,(H,27,31,33). The molecule has 10 nitrogen and oxygen atoms in total. The SMILES string of the molecule is CCn1c(=O)[nH]c(=O)c2c(C(=O)N3CCN(c4ncnc5sccc45)CC3)cc(C(C)C)nc21. The van der Waals surface area contributed by atoms with Crippen molar-refractivity contribution in [2.45, 2.75) is 33.2 Å². The number of aryl methyl sites for hydroxylation is 1. The maximum Gasteiger partial charge on any atom is 0.329 e. The van der Waals surface area contributed by atoms with Gasteiger partial charge in [-0.05, 0) is 30.4 Å². The second-order valence-corrected chi connectivity index (χ2v) is 9.46. The van der Waals surface area contributed by atoms with Gasteiger partial charge >= 0.3 is 5.69 Å². The van der Waals surface area contributed by atoms with Crippen molar-refractivity contribution < 1.29 is 4.79 Å². The van der Waals surface area contributed by atoms with Gasteiger partial charge in [0.05, 0.1) is 16.3 Å². The monoisotopic (exact) mass is 479 g/mol. The van der Waals surface area contributed by atoms with Gasteiger partial charge in [0.1, 0.15) is 17.0 Å². The minimum absolute atomic E-state index is 0.0262. The molecule has 1 N–H and O–H groups in total. The molecule has 0 unspecified atom stereocenters. The Bertz CT molecular complexity index is 1510. The molecule has 0 saturated carbocycles. The van der Waals surface area contributed by atoms with E-state index in [0.717, 1.165) is 16.0 Å². The summed E-state index contributed by atoms with van der Waals surface area (Å²) in [6.07, 6.45) is 1.57. The summed E-state index contributed by atoms with van der Waals surface area (Å²) in [7, 11) is 0. The van der Waals surface area contributed by atoms with Crippen LogP contribution in [0.3, 0.4) is 0 Å². The van der Waals surface area contributed by atoms with E-state index in [1.165, 1.54) is 4.57 Å². The van der Waals surface area contributed by atoms with Gasteiger partial charge in [0, 0.05) is 38.4 Å². The highest BCUT2D eigenvalue weighted by Crippen LogP contribution is 2.28. The molecule has 5 heterocycles. The van der Waals surface area contributed by atoms with Crippen molar-refractivity contribution >= 4 is 44.3 Å². The van der Waals surface area contributed by atoms with Crippen LogP contribution in [0.25, 0.3) is 21.3 Å². The number of thiophene rings is 1. The Morgan fingerprint density at radius 3 is 2.65 bits per heavy atom. The van der Waals surface area contributed by atoms with Crippen LogP contribution in [0.2, 0.25) is 0 Å². The molecule has 1 fully saturated rings. The third kappa shape index (κ3) is 3.65. The Hall–Kier alpha value is -3.60. The first-order valence-corrected chi connectivity index (χ1v) is 12.2. The minimum atomic E-state index is -0.588. The lowest BCUT2D eigenvalue weighted by molar-refractivity contribution is 0.0748. The number of carbonyl (C=O) groups excluding carboxylic acids is 1. The second-order valence-electron chi connectivity index (χ2n) is 8.57. The molecule has 11 heteroatoms. The molecular weight excluding hydrogens is 454 g/mol. The van der Waals surface area contributed by atoms with E-state index in [0.29, 0.717) is 38.4 Å². The fraction of sp³-hybridized carbons (Fsp3) is 0.391. The van der Waals surface area contributed by atoms with Gasteiger partial charge in [-0.1, -0.05) is 13.8 Å². The van der Waals surface area contributed by atoms with Crippen molar-refractivity contribution in [1.82, 2.24) is 29.4 Å². The average molecular weight is 480 g/mol. The van der Waals surface area contributed by atoms with Crippen LogP contribution in [0.1, 0.15) is 42.7 Å². The zero-order chi connectivity index (χ0) is 24.0. The highest BCUT2D eigenvalue weighted by Gasteiger charge is 2.27.